The Kier molecular flexibility index (Phi) is 3.31. The molecule has 19 heavy (non-hydrogen) atoms. The van der Waals surface area contributed by atoms with Gasteiger partial charge in [-0.15, -0.1) is 5.10 Å². The molecule has 1 unspecified atom stereocenters. The van der Waals surface area contributed by atoms with Gasteiger partial charge in [-0.2, -0.15) is 0 Å². The molecule has 0 saturated carbocycles. The number of hydrogen-bond acceptors (Lipinski definition) is 4. The topological polar surface area (TPSA) is 60.0 Å². The van der Waals surface area contributed by atoms with Crippen molar-refractivity contribution in [2.45, 2.75) is 19.0 Å². The Morgan fingerprint density at radius 1 is 1.37 bits per heavy atom. The van der Waals surface area contributed by atoms with Crippen LogP contribution in [-0.4, -0.2) is 33.0 Å². The first-order valence-electron chi connectivity index (χ1n) is 6.65. The predicted molar refractivity (Wildman–Crippen MR) is 73.4 cm³/mol. The molecule has 3 rings (SSSR count). The molecule has 5 heteroatoms. The van der Waals surface area contributed by atoms with Crippen LogP contribution in [0.3, 0.4) is 0 Å². The van der Waals surface area contributed by atoms with E-state index in [1.54, 1.807) is 4.68 Å². The summed E-state index contributed by atoms with van der Waals surface area (Å²) in [6, 6.07) is 8.87. The van der Waals surface area contributed by atoms with E-state index in [1.165, 1.54) is 11.1 Å². The van der Waals surface area contributed by atoms with E-state index in [-0.39, 0.29) is 6.04 Å². The molecule has 1 aromatic heterocycles. The van der Waals surface area contributed by atoms with Gasteiger partial charge in [0.1, 0.15) is 0 Å². The molecule has 0 bridgehead atoms. The van der Waals surface area contributed by atoms with Crippen LogP contribution in [0.5, 0.6) is 0 Å². The molecule has 2 N–H and O–H groups in total. The van der Waals surface area contributed by atoms with Gasteiger partial charge in [0.2, 0.25) is 0 Å². The van der Waals surface area contributed by atoms with Crippen LogP contribution < -0.4 is 5.73 Å². The maximum absolute atomic E-state index is 5.98. The van der Waals surface area contributed by atoms with Gasteiger partial charge in [0.05, 0.1) is 5.69 Å². The fourth-order valence-corrected chi connectivity index (χ4v) is 2.84. The van der Waals surface area contributed by atoms with E-state index in [0.29, 0.717) is 6.54 Å². The van der Waals surface area contributed by atoms with E-state index in [0.717, 1.165) is 25.2 Å². The number of fused-ring (bicyclic) bond motifs is 1. The first-order chi connectivity index (χ1) is 9.28. The van der Waals surface area contributed by atoms with Gasteiger partial charge >= 0.3 is 0 Å². The summed E-state index contributed by atoms with van der Waals surface area (Å²) < 4.78 is 1.74. The van der Waals surface area contributed by atoms with Crippen molar-refractivity contribution in [3.05, 3.63) is 47.3 Å². The van der Waals surface area contributed by atoms with Crippen molar-refractivity contribution < 1.29 is 0 Å². The minimum atomic E-state index is 0.284. The Bertz CT molecular complexity index is 562. The predicted octanol–water partition coefficient (Wildman–Crippen LogP) is 0.873. The normalized spacial score (nSPS) is 19.4. The third-order valence-corrected chi connectivity index (χ3v) is 3.76. The highest BCUT2D eigenvalue weighted by molar-refractivity contribution is 5.32. The second-order valence-corrected chi connectivity index (χ2v) is 5.05. The van der Waals surface area contributed by atoms with E-state index in [4.69, 9.17) is 5.73 Å². The van der Waals surface area contributed by atoms with Crippen LogP contribution in [0.1, 0.15) is 22.9 Å². The van der Waals surface area contributed by atoms with Gasteiger partial charge < -0.3 is 5.73 Å². The molecule has 5 nitrogen and oxygen atoms in total. The van der Waals surface area contributed by atoms with Crippen LogP contribution in [-0.2, 0) is 20.0 Å². The van der Waals surface area contributed by atoms with Crippen molar-refractivity contribution in [1.82, 2.24) is 19.9 Å². The monoisotopic (exact) mass is 257 g/mol. The summed E-state index contributed by atoms with van der Waals surface area (Å²) in [6.07, 6.45) is 3.04. The van der Waals surface area contributed by atoms with Crippen molar-refractivity contribution in [1.29, 1.82) is 0 Å². The summed E-state index contributed by atoms with van der Waals surface area (Å²) in [6.45, 7) is 2.47. The van der Waals surface area contributed by atoms with Gasteiger partial charge in [0.15, 0.2) is 0 Å². The second-order valence-electron chi connectivity index (χ2n) is 5.05. The number of nitrogens with two attached hydrogens (primary N) is 1. The molecular weight excluding hydrogens is 238 g/mol. The average molecular weight is 257 g/mol. The second kappa shape index (κ2) is 5.11. The Morgan fingerprint density at radius 2 is 2.21 bits per heavy atom. The third-order valence-electron chi connectivity index (χ3n) is 3.76. The van der Waals surface area contributed by atoms with Gasteiger partial charge in [0.25, 0.3) is 0 Å². The minimum Gasteiger partial charge on any atom is -0.329 e. The fraction of sp³-hybridized carbons (Fsp3) is 0.429. The standard InChI is InChI=1S/C14H19N5/c1-18-9-12(16-17-18)10-19-7-6-11-4-2-3-5-13(11)14(19)8-15/h2-5,9,14H,6-8,10,15H2,1H3. The molecular formula is C14H19N5. The highest BCUT2D eigenvalue weighted by atomic mass is 15.4. The Labute approximate surface area is 113 Å². The summed E-state index contributed by atoms with van der Waals surface area (Å²) in [5.74, 6) is 0. The largest absolute Gasteiger partial charge is 0.329 e. The molecule has 100 valence electrons. The molecule has 2 aromatic rings. The fourth-order valence-electron chi connectivity index (χ4n) is 2.84. The zero-order valence-corrected chi connectivity index (χ0v) is 11.2. The van der Waals surface area contributed by atoms with Crippen LogP contribution in [0.15, 0.2) is 30.5 Å². The maximum Gasteiger partial charge on any atom is 0.0967 e. The average Bonchev–Trinajstić information content (AvgIpc) is 2.84. The van der Waals surface area contributed by atoms with Crippen molar-refractivity contribution >= 4 is 0 Å². The van der Waals surface area contributed by atoms with Gasteiger partial charge in [0, 0.05) is 38.9 Å². The lowest BCUT2D eigenvalue weighted by atomic mass is 9.92. The van der Waals surface area contributed by atoms with Gasteiger partial charge in [-0.1, -0.05) is 29.5 Å². The van der Waals surface area contributed by atoms with E-state index in [1.807, 2.05) is 13.2 Å². The summed E-state index contributed by atoms with van der Waals surface area (Å²) in [5, 5.41) is 8.15. The lowest BCUT2D eigenvalue weighted by Gasteiger charge is -2.36. The highest BCUT2D eigenvalue weighted by Gasteiger charge is 2.26. The zero-order valence-electron chi connectivity index (χ0n) is 11.2. The first kappa shape index (κ1) is 12.3. The molecule has 0 spiro atoms. The Morgan fingerprint density at radius 3 is 2.95 bits per heavy atom. The molecule has 0 amide bonds. The smallest absolute Gasteiger partial charge is 0.0967 e. The molecule has 1 aliphatic heterocycles. The van der Waals surface area contributed by atoms with Crippen LogP contribution in [0, 0.1) is 0 Å². The van der Waals surface area contributed by atoms with E-state index in [9.17, 15) is 0 Å². The number of aryl methyl sites for hydroxylation is 1. The van der Waals surface area contributed by atoms with E-state index >= 15 is 0 Å². The summed E-state index contributed by atoms with van der Waals surface area (Å²) in [4.78, 5) is 2.40. The SMILES string of the molecule is Cn1cc(CN2CCc3ccccc3C2CN)nn1. The Balaban J connectivity index is 1.84. The van der Waals surface area contributed by atoms with E-state index < -0.39 is 0 Å². The zero-order chi connectivity index (χ0) is 13.2. The minimum absolute atomic E-state index is 0.284. The molecule has 2 heterocycles. The first-order valence-corrected chi connectivity index (χ1v) is 6.65. The summed E-state index contributed by atoms with van der Waals surface area (Å²) in [5.41, 5.74) is 9.77. The van der Waals surface area contributed by atoms with Crippen molar-refractivity contribution in [3.8, 4) is 0 Å². The maximum atomic E-state index is 5.98. The van der Waals surface area contributed by atoms with Crippen LogP contribution >= 0.6 is 0 Å². The lowest BCUT2D eigenvalue weighted by Crippen LogP contribution is -2.38. The van der Waals surface area contributed by atoms with E-state index in [2.05, 4.69) is 39.5 Å². The third kappa shape index (κ3) is 2.39. The number of aromatic nitrogens is 3. The van der Waals surface area contributed by atoms with Gasteiger partial charge in [-0.05, 0) is 17.5 Å². The number of hydrogen-bond donors (Lipinski definition) is 1. The molecule has 1 aliphatic rings. The molecule has 0 radical (unpaired) electrons. The molecule has 1 atom stereocenters. The molecule has 0 saturated heterocycles. The van der Waals surface area contributed by atoms with Crippen LogP contribution in [0.2, 0.25) is 0 Å². The Hall–Kier alpha value is -1.72. The molecule has 1 aromatic carbocycles. The number of nitrogens with zero attached hydrogens (tertiary/aromatic N) is 4. The number of rotatable bonds is 3. The summed E-state index contributed by atoms with van der Waals surface area (Å²) >= 11 is 0. The van der Waals surface area contributed by atoms with Crippen LogP contribution in [0.4, 0.5) is 0 Å². The van der Waals surface area contributed by atoms with Gasteiger partial charge in [-0.3, -0.25) is 9.58 Å². The quantitative estimate of drug-likeness (QED) is 0.886. The molecule has 0 aliphatic carbocycles. The van der Waals surface area contributed by atoms with Crippen molar-refractivity contribution in [2.24, 2.45) is 12.8 Å². The van der Waals surface area contributed by atoms with Crippen LogP contribution in [0.25, 0.3) is 0 Å². The molecule has 0 fully saturated rings. The summed E-state index contributed by atoms with van der Waals surface area (Å²) in [7, 11) is 1.89. The highest BCUT2D eigenvalue weighted by Crippen LogP contribution is 2.29. The van der Waals surface area contributed by atoms with Gasteiger partial charge in [-0.25, -0.2) is 0 Å². The van der Waals surface area contributed by atoms with Crippen molar-refractivity contribution in [2.75, 3.05) is 13.1 Å². The number of benzene rings is 1. The lowest BCUT2D eigenvalue weighted by molar-refractivity contribution is 0.178. The van der Waals surface area contributed by atoms with Crippen molar-refractivity contribution in [3.63, 3.8) is 0 Å².